The summed E-state index contributed by atoms with van der Waals surface area (Å²) < 4.78 is 0. The zero-order chi connectivity index (χ0) is 14.5. The van der Waals surface area contributed by atoms with Gasteiger partial charge in [-0.05, 0) is 31.2 Å². The molecular weight excluding hydrogens is 258 g/mol. The Bertz CT molecular complexity index is 426. The number of nitrogens with one attached hydrogen (secondary N) is 1. The second-order valence-electron chi connectivity index (χ2n) is 7.00. The molecule has 0 heterocycles. The van der Waals surface area contributed by atoms with E-state index >= 15 is 0 Å². The van der Waals surface area contributed by atoms with Crippen LogP contribution in [-0.2, 0) is 0 Å². The lowest BCUT2D eigenvalue weighted by Crippen LogP contribution is -2.58. The molecule has 3 rings (SSSR count). The molecule has 2 unspecified atom stereocenters. The van der Waals surface area contributed by atoms with Crippen molar-refractivity contribution >= 4 is 0 Å². The predicted molar refractivity (Wildman–Crippen MR) is 87.5 cm³/mol. The Labute approximate surface area is 129 Å². The van der Waals surface area contributed by atoms with Gasteiger partial charge in [-0.2, -0.15) is 0 Å². The Morgan fingerprint density at radius 3 is 2.38 bits per heavy atom. The number of hydrogen-bond acceptors (Lipinski definition) is 2. The van der Waals surface area contributed by atoms with Gasteiger partial charge in [-0.3, -0.25) is 0 Å². The van der Waals surface area contributed by atoms with E-state index in [2.05, 4.69) is 35.6 Å². The molecule has 0 radical (unpaired) electrons. The number of aliphatic hydroxyl groups excluding tert-OH is 1. The lowest BCUT2D eigenvalue weighted by Gasteiger charge is -2.47. The van der Waals surface area contributed by atoms with Crippen molar-refractivity contribution in [1.82, 2.24) is 5.32 Å². The maximum absolute atomic E-state index is 10.2. The first kappa shape index (κ1) is 15.1. The van der Waals surface area contributed by atoms with Gasteiger partial charge in [0.05, 0.1) is 6.61 Å². The zero-order valence-corrected chi connectivity index (χ0v) is 13.1. The molecule has 21 heavy (non-hydrogen) atoms. The Morgan fingerprint density at radius 1 is 0.952 bits per heavy atom. The first-order chi connectivity index (χ1) is 10.3. The van der Waals surface area contributed by atoms with E-state index in [4.69, 9.17) is 0 Å². The number of benzene rings is 1. The molecule has 0 aromatic heterocycles. The van der Waals surface area contributed by atoms with E-state index in [1.807, 2.05) is 0 Å². The maximum Gasteiger partial charge on any atom is 0.0619 e. The van der Waals surface area contributed by atoms with E-state index < -0.39 is 0 Å². The Hall–Kier alpha value is -0.860. The van der Waals surface area contributed by atoms with Crippen LogP contribution in [0.2, 0.25) is 0 Å². The van der Waals surface area contributed by atoms with E-state index in [9.17, 15) is 5.11 Å². The van der Waals surface area contributed by atoms with E-state index in [0.717, 1.165) is 6.42 Å². The summed E-state index contributed by atoms with van der Waals surface area (Å²) in [6.45, 7) is 0.267. The highest BCUT2D eigenvalue weighted by molar-refractivity contribution is 5.25. The molecule has 2 aliphatic carbocycles. The summed E-state index contributed by atoms with van der Waals surface area (Å²) in [5, 5.41) is 14.2. The van der Waals surface area contributed by atoms with Crippen LogP contribution in [0.3, 0.4) is 0 Å². The van der Waals surface area contributed by atoms with E-state index in [1.165, 1.54) is 56.9 Å². The molecule has 2 fully saturated rings. The molecule has 0 saturated heterocycles. The van der Waals surface area contributed by atoms with Crippen molar-refractivity contribution in [1.29, 1.82) is 0 Å². The highest BCUT2D eigenvalue weighted by Gasteiger charge is 2.42. The molecule has 1 aromatic rings. The van der Waals surface area contributed by atoms with Crippen molar-refractivity contribution in [3.63, 3.8) is 0 Å². The molecule has 0 amide bonds. The third-order valence-corrected chi connectivity index (χ3v) is 5.61. The van der Waals surface area contributed by atoms with Gasteiger partial charge in [0.2, 0.25) is 0 Å². The first-order valence-corrected chi connectivity index (χ1v) is 8.77. The quantitative estimate of drug-likeness (QED) is 0.877. The van der Waals surface area contributed by atoms with Gasteiger partial charge in [0.15, 0.2) is 0 Å². The molecule has 2 aliphatic rings. The number of rotatable bonds is 4. The molecule has 0 aliphatic heterocycles. The third kappa shape index (κ3) is 3.32. The first-order valence-electron chi connectivity index (χ1n) is 8.77. The zero-order valence-electron chi connectivity index (χ0n) is 13.1. The standard InChI is InChI=1S/C19H29NO/c21-15-19(20-17-11-5-2-6-12-17)14-8-7-13-18(19)16-9-3-1-4-10-16/h1,3-4,9-10,17-18,20-21H,2,5-8,11-15H2. The number of aliphatic hydroxyl groups is 1. The average Bonchev–Trinajstić information content (AvgIpc) is 2.57. The lowest BCUT2D eigenvalue weighted by molar-refractivity contribution is 0.0813. The highest BCUT2D eigenvalue weighted by Crippen LogP contribution is 2.41. The van der Waals surface area contributed by atoms with Gasteiger partial charge < -0.3 is 10.4 Å². The Morgan fingerprint density at radius 2 is 1.67 bits per heavy atom. The lowest BCUT2D eigenvalue weighted by atomic mass is 9.69. The van der Waals surface area contributed by atoms with Crippen molar-refractivity contribution in [3.05, 3.63) is 35.9 Å². The second-order valence-corrected chi connectivity index (χ2v) is 7.00. The molecule has 116 valence electrons. The Kier molecular flexibility index (Phi) is 4.97. The molecule has 0 spiro atoms. The van der Waals surface area contributed by atoms with Gasteiger partial charge in [0.1, 0.15) is 0 Å². The summed E-state index contributed by atoms with van der Waals surface area (Å²) in [6, 6.07) is 11.4. The van der Waals surface area contributed by atoms with Crippen LogP contribution in [0.25, 0.3) is 0 Å². The fourth-order valence-electron chi connectivity index (χ4n) is 4.47. The largest absolute Gasteiger partial charge is 0.394 e. The smallest absolute Gasteiger partial charge is 0.0619 e. The van der Waals surface area contributed by atoms with E-state index in [-0.39, 0.29) is 12.1 Å². The SMILES string of the molecule is OCC1(NC2CCCCC2)CCCCC1c1ccccc1. The van der Waals surface area contributed by atoms with Gasteiger partial charge in [0, 0.05) is 17.5 Å². The molecule has 2 N–H and O–H groups in total. The average molecular weight is 287 g/mol. The molecule has 2 nitrogen and oxygen atoms in total. The van der Waals surface area contributed by atoms with Gasteiger partial charge in [-0.1, -0.05) is 62.4 Å². The fourth-order valence-corrected chi connectivity index (χ4v) is 4.47. The van der Waals surface area contributed by atoms with E-state index in [0.29, 0.717) is 12.0 Å². The summed E-state index contributed by atoms with van der Waals surface area (Å²) in [6.07, 6.45) is 11.5. The molecule has 2 heteroatoms. The van der Waals surface area contributed by atoms with Crippen molar-refractivity contribution in [2.24, 2.45) is 0 Å². The van der Waals surface area contributed by atoms with E-state index in [1.54, 1.807) is 0 Å². The molecule has 1 aromatic carbocycles. The van der Waals surface area contributed by atoms with Crippen molar-refractivity contribution < 1.29 is 5.11 Å². The van der Waals surface area contributed by atoms with Crippen LogP contribution in [-0.4, -0.2) is 23.3 Å². The van der Waals surface area contributed by atoms with Gasteiger partial charge in [-0.25, -0.2) is 0 Å². The van der Waals surface area contributed by atoms with Crippen LogP contribution in [0, 0.1) is 0 Å². The highest BCUT2D eigenvalue weighted by atomic mass is 16.3. The van der Waals surface area contributed by atoms with Crippen LogP contribution >= 0.6 is 0 Å². The van der Waals surface area contributed by atoms with Gasteiger partial charge in [0.25, 0.3) is 0 Å². The van der Waals surface area contributed by atoms with Gasteiger partial charge >= 0.3 is 0 Å². The van der Waals surface area contributed by atoms with Crippen LogP contribution in [0.4, 0.5) is 0 Å². The second kappa shape index (κ2) is 6.93. The normalized spacial score (nSPS) is 31.2. The summed E-state index contributed by atoms with van der Waals surface area (Å²) >= 11 is 0. The monoisotopic (exact) mass is 287 g/mol. The summed E-state index contributed by atoms with van der Waals surface area (Å²) in [4.78, 5) is 0. The molecule has 0 bridgehead atoms. The minimum atomic E-state index is -0.0956. The topological polar surface area (TPSA) is 32.3 Å². The van der Waals surface area contributed by atoms with Crippen LogP contribution in [0.5, 0.6) is 0 Å². The fraction of sp³-hybridized carbons (Fsp3) is 0.684. The third-order valence-electron chi connectivity index (χ3n) is 5.61. The summed E-state index contributed by atoms with van der Waals surface area (Å²) in [5.41, 5.74) is 1.30. The van der Waals surface area contributed by atoms with Crippen molar-refractivity contribution in [3.8, 4) is 0 Å². The van der Waals surface area contributed by atoms with Crippen LogP contribution < -0.4 is 5.32 Å². The molecule has 2 saturated carbocycles. The van der Waals surface area contributed by atoms with Crippen molar-refractivity contribution in [2.45, 2.75) is 75.3 Å². The maximum atomic E-state index is 10.2. The van der Waals surface area contributed by atoms with Crippen LogP contribution in [0.15, 0.2) is 30.3 Å². The molecule has 2 atom stereocenters. The minimum Gasteiger partial charge on any atom is -0.394 e. The van der Waals surface area contributed by atoms with Crippen molar-refractivity contribution in [2.75, 3.05) is 6.61 Å². The summed E-state index contributed by atoms with van der Waals surface area (Å²) in [5.74, 6) is 0.458. The Balaban J connectivity index is 1.81. The van der Waals surface area contributed by atoms with Crippen LogP contribution in [0.1, 0.15) is 69.3 Å². The number of hydrogen-bond donors (Lipinski definition) is 2. The van der Waals surface area contributed by atoms with Gasteiger partial charge in [-0.15, -0.1) is 0 Å². The summed E-state index contributed by atoms with van der Waals surface area (Å²) in [7, 11) is 0. The molecular formula is C19H29NO. The predicted octanol–water partition coefficient (Wildman–Crippen LogP) is 4.00. The minimum absolute atomic E-state index is 0.0956.